The zero-order valence-corrected chi connectivity index (χ0v) is 18.4. The lowest BCUT2D eigenvalue weighted by atomic mass is 9.95. The number of carbonyl (C=O) groups is 2. The van der Waals surface area contributed by atoms with Gasteiger partial charge in [-0.05, 0) is 50.5 Å². The molecular formula is C23H22ClFN4O3. The summed E-state index contributed by atoms with van der Waals surface area (Å²) in [6, 6.07) is 7.86. The Labute approximate surface area is 189 Å². The van der Waals surface area contributed by atoms with Crippen molar-refractivity contribution in [3.05, 3.63) is 64.3 Å². The van der Waals surface area contributed by atoms with Crippen molar-refractivity contribution in [1.82, 2.24) is 15.0 Å². The van der Waals surface area contributed by atoms with Gasteiger partial charge in [0.05, 0.1) is 16.5 Å². The minimum Gasteiger partial charge on any atom is -0.360 e. The highest BCUT2D eigenvalue weighted by Gasteiger charge is 2.33. The molecule has 0 radical (unpaired) electrons. The fraction of sp³-hybridized carbons (Fsp3) is 0.304. The molecule has 1 aliphatic rings. The van der Waals surface area contributed by atoms with Gasteiger partial charge in [-0.3, -0.25) is 9.59 Å². The van der Waals surface area contributed by atoms with Gasteiger partial charge in [0.1, 0.15) is 28.7 Å². The number of pyridine rings is 1. The Hall–Kier alpha value is -3.26. The summed E-state index contributed by atoms with van der Waals surface area (Å²) in [5.41, 5.74) is 1.22. The zero-order chi connectivity index (χ0) is 22.8. The van der Waals surface area contributed by atoms with E-state index in [1.165, 1.54) is 18.2 Å². The number of nitrogens with one attached hydrogen (secondary N) is 1. The standard InChI is InChI=1S/C23H22ClFN4O3/c1-13-8-9-18(26-11-13)27-22(30)15-5-4-10-29(12-15)23(31)19-14(2)32-28-21(19)20-16(24)6-3-7-17(20)25/h3,6-9,11,15H,4-5,10,12H2,1-2H3,(H,26,27,30). The Bertz CT molecular complexity index is 1140. The molecule has 1 aliphatic heterocycles. The SMILES string of the molecule is Cc1ccc(NC(=O)C2CCCN(C(=O)c3c(-c4c(F)cccc4Cl)noc3C)C2)nc1. The van der Waals surface area contributed by atoms with E-state index in [1.54, 1.807) is 24.1 Å². The number of amides is 2. The number of anilines is 1. The maximum Gasteiger partial charge on any atom is 0.259 e. The molecule has 4 rings (SSSR count). The first-order chi connectivity index (χ1) is 15.3. The molecule has 2 aromatic heterocycles. The molecular weight excluding hydrogens is 435 g/mol. The quantitative estimate of drug-likeness (QED) is 0.618. The molecule has 166 valence electrons. The van der Waals surface area contributed by atoms with E-state index in [4.69, 9.17) is 16.1 Å². The van der Waals surface area contributed by atoms with E-state index in [0.717, 1.165) is 5.56 Å². The highest BCUT2D eigenvalue weighted by atomic mass is 35.5. The highest BCUT2D eigenvalue weighted by Crippen LogP contribution is 2.34. The fourth-order valence-corrected chi connectivity index (χ4v) is 4.07. The Kier molecular flexibility index (Phi) is 6.23. The molecule has 0 bridgehead atoms. The topological polar surface area (TPSA) is 88.3 Å². The van der Waals surface area contributed by atoms with Crippen molar-refractivity contribution in [2.24, 2.45) is 5.92 Å². The first-order valence-electron chi connectivity index (χ1n) is 10.3. The summed E-state index contributed by atoms with van der Waals surface area (Å²) in [4.78, 5) is 31.9. The molecule has 1 aromatic carbocycles. The minimum absolute atomic E-state index is 0.0196. The molecule has 0 aliphatic carbocycles. The van der Waals surface area contributed by atoms with E-state index in [9.17, 15) is 14.0 Å². The summed E-state index contributed by atoms with van der Waals surface area (Å²) in [5.74, 6) is -0.824. The molecule has 1 fully saturated rings. The Morgan fingerprint density at radius 3 is 2.78 bits per heavy atom. The second-order valence-corrected chi connectivity index (χ2v) is 8.27. The predicted octanol–water partition coefficient (Wildman–Crippen LogP) is 4.64. The van der Waals surface area contributed by atoms with Crippen molar-refractivity contribution in [2.75, 3.05) is 18.4 Å². The number of nitrogens with zero attached hydrogens (tertiary/aromatic N) is 3. The highest BCUT2D eigenvalue weighted by molar-refractivity contribution is 6.33. The molecule has 0 saturated carbocycles. The monoisotopic (exact) mass is 456 g/mol. The van der Waals surface area contributed by atoms with Crippen LogP contribution in [0.15, 0.2) is 41.1 Å². The number of hydrogen-bond acceptors (Lipinski definition) is 5. The van der Waals surface area contributed by atoms with Crippen LogP contribution >= 0.6 is 11.6 Å². The second kappa shape index (κ2) is 9.08. The van der Waals surface area contributed by atoms with E-state index in [0.29, 0.717) is 25.2 Å². The van der Waals surface area contributed by atoms with Crippen LogP contribution in [0.1, 0.15) is 34.5 Å². The van der Waals surface area contributed by atoms with Gasteiger partial charge in [0, 0.05) is 19.3 Å². The molecule has 1 unspecified atom stereocenters. The lowest BCUT2D eigenvalue weighted by molar-refractivity contribution is -0.121. The normalized spacial score (nSPS) is 16.1. The molecule has 2 amide bonds. The third-order valence-corrected chi connectivity index (χ3v) is 5.83. The number of aryl methyl sites for hydroxylation is 2. The molecule has 1 N–H and O–H groups in total. The van der Waals surface area contributed by atoms with E-state index >= 15 is 0 Å². The van der Waals surface area contributed by atoms with Gasteiger partial charge < -0.3 is 14.7 Å². The molecule has 7 nitrogen and oxygen atoms in total. The Morgan fingerprint density at radius 1 is 1.25 bits per heavy atom. The number of hydrogen-bond donors (Lipinski definition) is 1. The lowest BCUT2D eigenvalue weighted by Gasteiger charge is -2.32. The summed E-state index contributed by atoms with van der Waals surface area (Å²) in [6.07, 6.45) is 2.98. The van der Waals surface area contributed by atoms with Gasteiger partial charge in [-0.25, -0.2) is 9.37 Å². The minimum atomic E-state index is -0.596. The average molecular weight is 457 g/mol. The van der Waals surface area contributed by atoms with Crippen LogP contribution < -0.4 is 5.32 Å². The summed E-state index contributed by atoms with van der Waals surface area (Å²) < 4.78 is 19.7. The van der Waals surface area contributed by atoms with E-state index in [1.807, 2.05) is 13.0 Å². The molecule has 32 heavy (non-hydrogen) atoms. The summed E-state index contributed by atoms with van der Waals surface area (Å²) in [5, 5.41) is 6.85. The van der Waals surface area contributed by atoms with Crippen molar-refractivity contribution >= 4 is 29.2 Å². The van der Waals surface area contributed by atoms with E-state index in [2.05, 4.69) is 15.5 Å². The van der Waals surface area contributed by atoms with Crippen molar-refractivity contribution in [2.45, 2.75) is 26.7 Å². The molecule has 3 heterocycles. The van der Waals surface area contributed by atoms with Crippen LogP contribution in [0.3, 0.4) is 0 Å². The first-order valence-corrected chi connectivity index (χ1v) is 10.7. The number of aromatic nitrogens is 2. The number of rotatable bonds is 4. The first kappa shape index (κ1) is 22.0. The van der Waals surface area contributed by atoms with Gasteiger partial charge in [0.15, 0.2) is 0 Å². The maximum atomic E-state index is 14.5. The number of halogens is 2. The largest absolute Gasteiger partial charge is 0.360 e. The molecule has 1 saturated heterocycles. The van der Waals surface area contributed by atoms with Gasteiger partial charge in [-0.15, -0.1) is 0 Å². The van der Waals surface area contributed by atoms with Crippen molar-refractivity contribution in [3.63, 3.8) is 0 Å². The Morgan fingerprint density at radius 2 is 2.06 bits per heavy atom. The molecule has 1 atom stereocenters. The third-order valence-electron chi connectivity index (χ3n) is 5.52. The van der Waals surface area contributed by atoms with Crippen LogP contribution in [0.25, 0.3) is 11.3 Å². The number of carbonyl (C=O) groups excluding carboxylic acids is 2. The second-order valence-electron chi connectivity index (χ2n) is 7.86. The smallest absolute Gasteiger partial charge is 0.259 e. The molecule has 0 spiro atoms. The van der Waals surface area contributed by atoms with Crippen LogP contribution in [-0.2, 0) is 4.79 Å². The summed E-state index contributed by atoms with van der Waals surface area (Å²) >= 11 is 6.18. The average Bonchev–Trinajstić information content (AvgIpc) is 3.15. The van der Waals surface area contributed by atoms with Crippen LogP contribution in [0, 0.1) is 25.6 Å². The summed E-state index contributed by atoms with van der Waals surface area (Å²) in [6.45, 7) is 4.21. The van der Waals surface area contributed by atoms with Gasteiger partial charge in [0.25, 0.3) is 5.91 Å². The maximum absolute atomic E-state index is 14.5. The van der Waals surface area contributed by atoms with Gasteiger partial charge >= 0.3 is 0 Å². The number of likely N-dealkylation sites (tertiary alicyclic amines) is 1. The lowest BCUT2D eigenvalue weighted by Crippen LogP contribution is -2.44. The van der Waals surface area contributed by atoms with Gasteiger partial charge in [-0.1, -0.05) is 28.9 Å². The van der Waals surface area contributed by atoms with Crippen LogP contribution in [0.5, 0.6) is 0 Å². The van der Waals surface area contributed by atoms with Crippen molar-refractivity contribution < 1.29 is 18.5 Å². The van der Waals surface area contributed by atoms with Crippen molar-refractivity contribution in [1.29, 1.82) is 0 Å². The third kappa shape index (κ3) is 4.36. The van der Waals surface area contributed by atoms with Crippen LogP contribution in [0.2, 0.25) is 5.02 Å². The van der Waals surface area contributed by atoms with Crippen molar-refractivity contribution in [3.8, 4) is 11.3 Å². The van der Waals surface area contributed by atoms with Crippen LogP contribution in [-0.4, -0.2) is 39.9 Å². The van der Waals surface area contributed by atoms with Gasteiger partial charge in [0.2, 0.25) is 5.91 Å². The van der Waals surface area contributed by atoms with E-state index in [-0.39, 0.29) is 46.0 Å². The molecule has 3 aromatic rings. The van der Waals surface area contributed by atoms with E-state index < -0.39 is 11.7 Å². The van der Waals surface area contributed by atoms with Gasteiger partial charge in [-0.2, -0.15) is 0 Å². The Balaban J connectivity index is 1.55. The fourth-order valence-electron chi connectivity index (χ4n) is 3.82. The predicted molar refractivity (Wildman–Crippen MR) is 118 cm³/mol. The number of piperidine rings is 1. The zero-order valence-electron chi connectivity index (χ0n) is 17.7. The number of benzene rings is 1. The molecule has 9 heteroatoms. The summed E-state index contributed by atoms with van der Waals surface area (Å²) in [7, 11) is 0. The van der Waals surface area contributed by atoms with Crippen LogP contribution in [0.4, 0.5) is 10.2 Å².